The van der Waals surface area contributed by atoms with Crippen LogP contribution in [0.5, 0.6) is 0 Å². The molecule has 1 aliphatic carbocycles. The fraction of sp³-hybridized carbons (Fsp3) is 0.263. The van der Waals surface area contributed by atoms with Crippen molar-refractivity contribution in [2.24, 2.45) is 0 Å². The number of amides is 2. The van der Waals surface area contributed by atoms with Gasteiger partial charge in [-0.1, -0.05) is 11.8 Å². The largest absolute Gasteiger partial charge is 0.301 e. The van der Waals surface area contributed by atoms with Crippen LogP contribution in [-0.2, 0) is 17.6 Å². The zero-order chi connectivity index (χ0) is 22.0. The Kier molecular flexibility index (Phi) is 6.00. The Morgan fingerprint density at radius 3 is 2.68 bits per heavy atom. The fourth-order valence-corrected chi connectivity index (χ4v) is 5.30. The number of nitro benzene ring substituents is 1. The molecule has 2 heterocycles. The number of aryl methyl sites for hydroxylation is 2. The van der Waals surface area contributed by atoms with E-state index in [4.69, 9.17) is 0 Å². The van der Waals surface area contributed by atoms with E-state index in [1.54, 1.807) is 0 Å². The highest BCUT2D eigenvalue weighted by Gasteiger charge is 2.20. The van der Waals surface area contributed by atoms with Crippen molar-refractivity contribution in [1.82, 2.24) is 20.8 Å². The lowest BCUT2D eigenvalue weighted by Crippen LogP contribution is -2.42. The number of thioether (sulfide) groups is 1. The molecule has 1 aliphatic rings. The predicted molar refractivity (Wildman–Crippen MR) is 116 cm³/mol. The molecule has 0 unspecified atom stereocenters. The van der Waals surface area contributed by atoms with Gasteiger partial charge in [-0.3, -0.25) is 35.3 Å². The van der Waals surface area contributed by atoms with Gasteiger partial charge < -0.3 is 4.98 Å². The topological polar surface area (TPSA) is 147 Å². The third kappa shape index (κ3) is 4.59. The van der Waals surface area contributed by atoms with Crippen LogP contribution in [-0.4, -0.2) is 32.5 Å². The molecule has 0 radical (unpaired) electrons. The lowest BCUT2D eigenvalue weighted by molar-refractivity contribution is -0.384. The number of H-pyrrole nitrogens is 1. The van der Waals surface area contributed by atoms with Crippen molar-refractivity contribution in [2.45, 2.75) is 30.8 Å². The average molecular weight is 460 g/mol. The van der Waals surface area contributed by atoms with Gasteiger partial charge in [0.2, 0.25) is 5.91 Å². The second-order valence-electron chi connectivity index (χ2n) is 6.86. The molecule has 4 rings (SSSR count). The number of nitro groups is 1. The third-order valence-corrected chi connectivity index (χ3v) is 6.86. The van der Waals surface area contributed by atoms with Crippen LogP contribution in [0.3, 0.4) is 0 Å². The number of aromatic amines is 1. The summed E-state index contributed by atoms with van der Waals surface area (Å²) in [6.07, 6.45) is 4.05. The molecule has 12 heteroatoms. The van der Waals surface area contributed by atoms with Gasteiger partial charge >= 0.3 is 0 Å². The zero-order valence-corrected chi connectivity index (χ0v) is 17.7. The van der Waals surface area contributed by atoms with Crippen molar-refractivity contribution in [3.63, 3.8) is 0 Å². The molecule has 3 N–H and O–H groups in total. The Morgan fingerprint density at radius 2 is 1.94 bits per heavy atom. The van der Waals surface area contributed by atoms with Crippen LogP contribution < -0.4 is 16.4 Å². The Balaban J connectivity index is 1.34. The summed E-state index contributed by atoms with van der Waals surface area (Å²) < 4.78 is 0. The van der Waals surface area contributed by atoms with Crippen LogP contribution in [0.4, 0.5) is 5.69 Å². The van der Waals surface area contributed by atoms with E-state index < -0.39 is 16.7 Å². The number of benzene rings is 1. The maximum Gasteiger partial charge on any atom is 0.269 e. The number of carbonyl (C=O) groups is 2. The van der Waals surface area contributed by atoms with Crippen LogP contribution in [0, 0.1) is 10.1 Å². The molecule has 10 nitrogen and oxygen atoms in total. The normalized spacial score (nSPS) is 12.9. The number of rotatable bonds is 5. The first-order valence-electron chi connectivity index (χ1n) is 9.43. The quantitative estimate of drug-likeness (QED) is 0.230. The maximum absolute atomic E-state index is 12.5. The molecule has 31 heavy (non-hydrogen) atoms. The second-order valence-corrected chi connectivity index (χ2v) is 8.90. The summed E-state index contributed by atoms with van der Waals surface area (Å²) in [6, 6.07) is 4.98. The molecule has 160 valence electrons. The van der Waals surface area contributed by atoms with Gasteiger partial charge in [-0.05, 0) is 43.4 Å². The molecule has 0 saturated heterocycles. The number of hydrogen-bond acceptors (Lipinski definition) is 8. The molecule has 0 bridgehead atoms. The van der Waals surface area contributed by atoms with E-state index in [0.717, 1.165) is 43.0 Å². The molecular formula is C19H17N5O5S2. The van der Waals surface area contributed by atoms with Gasteiger partial charge in [-0.15, -0.1) is 11.3 Å². The molecule has 0 spiro atoms. The standard InChI is InChI=1S/C19H17N5O5S2/c25-14(22-23-16(26)10-5-7-11(8-6-10)24(28)29)9-30-19-20-17(27)15-12-3-1-2-4-13(12)31-18(15)21-19/h5-8H,1-4,9H2,(H,22,25)(H,23,26)(H,20,21,27). The number of hydrazine groups is 1. The first-order chi connectivity index (χ1) is 14.9. The summed E-state index contributed by atoms with van der Waals surface area (Å²) >= 11 is 2.59. The van der Waals surface area contributed by atoms with E-state index in [2.05, 4.69) is 20.8 Å². The van der Waals surface area contributed by atoms with Gasteiger partial charge in [-0.25, -0.2) is 4.98 Å². The number of nitrogens with one attached hydrogen (secondary N) is 3. The summed E-state index contributed by atoms with van der Waals surface area (Å²) in [6.45, 7) is 0. The molecule has 2 amide bonds. The van der Waals surface area contributed by atoms with Crippen LogP contribution >= 0.6 is 23.1 Å². The Bertz CT molecular complexity index is 1230. The summed E-state index contributed by atoms with van der Waals surface area (Å²) in [5.41, 5.74) is 5.45. The maximum atomic E-state index is 12.5. The highest BCUT2D eigenvalue weighted by atomic mass is 32.2. The number of hydrogen-bond donors (Lipinski definition) is 3. The highest BCUT2D eigenvalue weighted by Crippen LogP contribution is 2.34. The molecule has 1 aromatic carbocycles. The smallest absolute Gasteiger partial charge is 0.269 e. The summed E-state index contributed by atoms with van der Waals surface area (Å²) in [5, 5.41) is 11.6. The number of carbonyl (C=O) groups excluding carboxylic acids is 2. The second kappa shape index (κ2) is 8.86. The molecule has 0 fully saturated rings. The minimum absolute atomic E-state index is 0.0694. The van der Waals surface area contributed by atoms with Gasteiger partial charge in [0.25, 0.3) is 17.2 Å². The molecule has 0 saturated carbocycles. The molecule has 2 aromatic heterocycles. The zero-order valence-electron chi connectivity index (χ0n) is 16.1. The van der Waals surface area contributed by atoms with E-state index in [1.807, 2.05) is 0 Å². The van der Waals surface area contributed by atoms with Gasteiger partial charge in [0.15, 0.2) is 5.16 Å². The fourth-order valence-electron chi connectivity index (χ4n) is 3.32. The minimum Gasteiger partial charge on any atom is -0.301 e. The van der Waals surface area contributed by atoms with E-state index >= 15 is 0 Å². The van der Waals surface area contributed by atoms with E-state index in [-0.39, 0.29) is 22.6 Å². The van der Waals surface area contributed by atoms with Gasteiger partial charge in [-0.2, -0.15) is 0 Å². The molecule has 3 aromatic rings. The third-order valence-electron chi connectivity index (χ3n) is 4.80. The van der Waals surface area contributed by atoms with Crippen molar-refractivity contribution in [2.75, 3.05) is 5.75 Å². The van der Waals surface area contributed by atoms with Crippen LogP contribution in [0.2, 0.25) is 0 Å². The van der Waals surface area contributed by atoms with E-state index in [9.17, 15) is 24.5 Å². The van der Waals surface area contributed by atoms with Crippen molar-refractivity contribution >= 4 is 50.8 Å². The average Bonchev–Trinajstić information content (AvgIpc) is 3.15. The number of non-ortho nitro benzene ring substituents is 1. The van der Waals surface area contributed by atoms with Gasteiger partial charge in [0, 0.05) is 22.6 Å². The van der Waals surface area contributed by atoms with Crippen molar-refractivity contribution in [3.8, 4) is 0 Å². The van der Waals surface area contributed by atoms with Gasteiger partial charge in [0.05, 0.1) is 16.1 Å². The highest BCUT2D eigenvalue weighted by molar-refractivity contribution is 7.99. The van der Waals surface area contributed by atoms with Gasteiger partial charge in [0.1, 0.15) is 4.83 Å². The van der Waals surface area contributed by atoms with Crippen LogP contribution in [0.1, 0.15) is 33.6 Å². The number of nitrogens with zero attached hydrogens (tertiary/aromatic N) is 2. The van der Waals surface area contributed by atoms with Crippen molar-refractivity contribution < 1.29 is 14.5 Å². The number of thiophene rings is 1. The predicted octanol–water partition coefficient (Wildman–Crippen LogP) is 2.32. The first-order valence-corrected chi connectivity index (χ1v) is 11.2. The molecule has 0 aliphatic heterocycles. The Morgan fingerprint density at radius 1 is 1.19 bits per heavy atom. The Labute approximate surface area is 183 Å². The van der Waals surface area contributed by atoms with Crippen molar-refractivity contribution in [1.29, 1.82) is 0 Å². The monoisotopic (exact) mass is 459 g/mol. The Hall–Kier alpha value is -3.25. The molecular weight excluding hydrogens is 442 g/mol. The summed E-state index contributed by atoms with van der Waals surface area (Å²) in [7, 11) is 0. The van der Waals surface area contributed by atoms with E-state index in [1.165, 1.54) is 40.5 Å². The number of aromatic nitrogens is 2. The summed E-state index contributed by atoms with van der Waals surface area (Å²) in [4.78, 5) is 55.8. The minimum atomic E-state index is -0.606. The van der Waals surface area contributed by atoms with Crippen LogP contribution in [0.25, 0.3) is 10.2 Å². The number of fused-ring (bicyclic) bond motifs is 3. The van der Waals surface area contributed by atoms with Crippen molar-refractivity contribution in [3.05, 3.63) is 60.7 Å². The van der Waals surface area contributed by atoms with Crippen LogP contribution in [0.15, 0.2) is 34.2 Å². The lowest BCUT2D eigenvalue weighted by Gasteiger charge is -2.09. The van der Waals surface area contributed by atoms with E-state index in [0.29, 0.717) is 15.4 Å². The summed E-state index contributed by atoms with van der Waals surface area (Å²) in [5.74, 6) is -1.17. The molecule has 0 atom stereocenters. The lowest BCUT2D eigenvalue weighted by atomic mass is 9.97. The SMILES string of the molecule is O=C(CSc1nc2sc3c(c2c(=O)[nH]1)CCCC3)NNC(=O)c1ccc([N+](=O)[O-])cc1. The first kappa shape index (κ1) is 21.0.